The first-order valence-electron chi connectivity index (χ1n) is 10.9. The molecule has 5 nitrogen and oxygen atoms in total. The minimum absolute atomic E-state index is 0.137. The fraction of sp³-hybridized carbons (Fsp3) is 0.185. The highest BCUT2D eigenvalue weighted by Gasteiger charge is 2.23. The molecular weight excluding hydrogens is 398 g/mol. The van der Waals surface area contributed by atoms with Crippen molar-refractivity contribution >= 4 is 34.0 Å². The Labute approximate surface area is 187 Å². The van der Waals surface area contributed by atoms with Crippen LogP contribution in [0.2, 0.25) is 0 Å². The Morgan fingerprint density at radius 1 is 1.03 bits per heavy atom. The lowest BCUT2D eigenvalue weighted by Gasteiger charge is -2.19. The number of aromatic nitrogens is 1. The zero-order chi connectivity index (χ0) is 22.1. The zero-order valence-corrected chi connectivity index (χ0v) is 18.3. The average molecular weight is 424 g/mol. The van der Waals surface area contributed by atoms with E-state index in [0.717, 1.165) is 41.4 Å². The molecule has 1 aromatic heterocycles. The third kappa shape index (κ3) is 3.89. The van der Waals surface area contributed by atoms with Crippen LogP contribution in [0.5, 0.6) is 5.75 Å². The minimum atomic E-state index is -0.137. The molecule has 1 aliphatic rings. The molecule has 0 fully saturated rings. The third-order valence-corrected chi connectivity index (χ3v) is 5.75. The fourth-order valence-electron chi connectivity index (χ4n) is 4.12. The Kier molecular flexibility index (Phi) is 5.23. The van der Waals surface area contributed by atoms with E-state index in [4.69, 9.17) is 9.72 Å². The molecule has 1 aliphatic heterocycles. The summed E-state index contributed by atoms with van der Waals surface area (Å²) in [6.07, 6.45) is 0.964. The Hall–Kier alpha value is -3.86. The number of carbonyl (C=O) groups excluding carboxylic acids is 1. The predicted molar refractivity (Wildman–Crippen MR) is 129 cm³/mol. The van der Waals surface area contributed by atoms with Crippen LogP contribution in [0.4, 0.5) is 17.2 Å². The summed E-state index contributed by atoms with van der Waals surface area (Å²) in [5.74, 6) is 1.66. The quantitative estimate of drug-likeness (QED) is 0.435. The Bertz CT molecular complexity index is 1280. The zero-order valence-electron chi connectivity index (χ0n) is 18.3. The largest absolute Gasteiger partial charge is 0.494 e. The first-order valence-corrected chi connectivity index (χ1v) is 10.9. The molecule has 3 aromatic carbocycles. The SMILES string of the molecule is CCOc1ccc(NC(=O)c2ccc(N3CCc4cc5ccc(C)cc5nc43)cc2)cc1. The number of aryl methyl sites for hydroxylation is 1. The summed E-state index contributed by atoms with van der Waals surface area (Å²) in [4.78, 5) is 19.8. The van der Waals surface area contributed by atoms with E-state index in [2.05, 4.69) is 41.4 Å². The number of hydrogen-bond donors (Lipinski definition) is 1. The highest BCUT2D eigenvalue weighted by Crippen LogP contribution is 2.35. The number of benzene rings is 3. The summed E-state index contributed by atoms with van der Waals surface area (Å²) in [6, 6.07) is 23.7. The van der Waals surface area contributed by atoms with Gasteiger partial charge in [0.1, 0.15) is 11.6 Å². The van der Waals surface area contributed by atoms with Crippen molar-refractivity contribution in [3.05, 3.63) is 89.5 Å². The first kappa shape index (κ1) is 20.1. The molecule has 0 unspecified atom stereocenters. The topological polar surface area (TPSA) is 54.5 Å². The van der Waals surface area contributed by atoms with Crippen molar-refractivity contribution in [1.82, 2.24) is 4.98 Å². The number of nitrogens with zero attached hydrogens (tertiary/aromatic N) is 2. The minimum Gasteiger partial charge on any atom is -0.494 e. The Morgan fingerprint density at radius 3 is 2.56 bits per heavy atom. The second-order valence-electron chi connectivity index (χ2n) is 8.03. The number of ether oxygens (including phenoxy) is 1. The molecule has 0 spiro atoms. The van der Waals surface area contributed by atoms with Gasteiger partial charge in [0.25, 0.3) is 5.91 Å². The van der Waals surface area contributed by atoms with Crippen LogP contribution in [0.25, 0.3) is 10.9 Å². The molecule has 0 radical (unpaired) electrons. The summed E-state index contributed by atoms with van der Waals surface area (Å²) in [5.41, 5.74) is 5.88. The summed E-state index contributed by atoms with van der Waals surface area (Å²) in [7, 11) is 0. The standard InChI is InChI=1S/C27H25N3O2/c1-3-32-24-12-8-22(9-13-24)28-27(31)19-6-10-23(11-7-19)30-15-14-21-17-20-5-4-18(2)16-25(20)29-26(21)30/h4-13,16-17H,3,14-15H2,1-2H3,(H,28,31). The van der Waals surface area contributed by atoms with Crippen LogP contribution in [-0.2, 0) is 6.42 Å². The fourth-order valence-corrected chi connectivity index (χ4v) is 4.12. The van der Waals surface area contributed by atoms with Crippen LogP contribution in [0, 0.1) is 6.92 Å². The van der Waals surface area contributed by atoms with E-state index in [-0.39, 0.29) is 5.91 Å². The van der Waals surface area contributed by atoms with Crippen LogP contribution >= 0.6 is 0 Å². The van der Waals surface area contributed by atoms with E-state index in [1.807, 2.05) is 55.5 Å². The van der Waals surface area contributed by atoms with Crippen molar-refractivity contribution in [3.8, 4) is 5.75 Å². The monoisotopic (exact) mass is 423 g/mol. The van der Waals surface area contributed by atoms with Crippen LogP contribution < -0.4 is 15.0 Å². The van der Waals surface area contributed by atoms with E-state index in [1.165, 1.54) is 16.5 Å². The number of carbonyl (C=O) groups is 1. The van der Waals surface area contributed by atoms with Crippen molar-refractivity contribution in [3.63, 3.8) is 0 Å². The van der Waals surface area contributed by atoms with Crippen LogP contribution in [0.1, 0.15) is 28.4 Å². The molecule has 0 atom stereocenters. The number of hydrogen-bond acceptors (Lipinski definition) is 4. The maximum Gasteiger partial charge on any atom is 0.255 e. The number of amides is 1. The molecule has 0 bridgehead atoms. The van der Waals surface area contributed by atoms with Crippen molar-refractivity contribution in [2.75, 3.05) is 23.4 Å². The van der Waals surface area contributed by atoms with E-state index >= 15 is 0 Å². The van der Waals surface area contributed by atoms with Crippen LogP contribution in [0.3, 0.4) is 0 Å². The van der Waals surface area contributed by atoms with Gasteiger partial charge in [-0.2, -0.15) is 0 Å². The lowest BCUT2D eigenvalue weighted by Crippen LogP contribution is -2.15. The smallest absolute Gasteiger partial charge is 0.255 e. The molecule has 5 heteroatoms. The van der Waals surface area contributed by atoms with Crippen LogP contribution in [-0.4, -0.2) is 24.0 Å². The second kappa shape index (κ2) is 8.35. The average Bonchev–Trinajstić information content (AvgIpc) is 3.22. The molecule has 2 heterocycles. The third-order valence-electron chi connectivity index (χ3n) is 5.75. The van der Waals surface area contributed by atoms with Gasteiger partial charge in [0, 0.05) is 28.9 Å². The molecule has 0 aliphatic carbocycles. The molecule has 160 valence electrons. The van der Waals surface area contributed by atoms with Crippen molar-refractivity contribution in [2.24, 2.45) is 0 Å². The van der Waals surface area contributed by atoms with E-state index in [1.54, 1.807) is 0 Å². The summed E-state index contributed by atoms with van der Waals surface area (Å²) < 4.78 is 5.44. The Morgan fingerprint density at radius 2 is 1.81 bits per heavy atom. The van der Waals surface area contributed by atoms with Gasteiger partial charge < -0.3 is 15.0 Å². The number of anilines is 3. The highest BCUT2D eigenvalue weighted by molar-refractivity contribution is 6.04. The van der Waals surface area contributed by atoms with E-state index in [0.29, 0.717) is 12.2 Å². The van der Waals surface area contributed by atoms with Gasteiger partial charge in [-0.25, -0.2) is 4.98 Å². The van der Waals surface area contributed by atoms with E-state index < -0.39 is 0 Å². The van der Waals surface area contributed by atoms with Gasteiger partial charge in [0.15, 0.2) is 0 Å². The normalized spacial score (nSPS) is 12.6. The summed E-state index contributed by atoms with van der Waals surface area (Å²) in [5, 5.41) is 4.12. The van der Waals surface area contributed by atoms with Gasteiger partial charge in [-0.3, -0.25) is 4.79 Å². The van der Waals surface area contributed by atoms with Gasteiger partial charge in [-0.05, 0) is 92.1 Å². The van der Waals surface area contributed by atoms with Gasteiger partial charge in [-0.15, -0.1) is 0 Å². The molecule has 5 rings (SSSR count). The van der Waals surface area contributed by atoms with Gasteiger partial charge in [-0.1, -0.05) is 12.1 Å². The van der Waals surface area contributed by atoms with Gasteiger partial charge in [0.05, 0.1) is 12.1 Å². The van der Waals surface area contributed by atoms with Gasteiger partial charge >= 0.3 is 0 Å². The Balaban J connectivity index is 1.34. The van der Waals surface area contributed by atoms with Crippen molar-refractivity contribution in [2.45, 2.75) is 20.3 Å². The molecule has 1 N–H and O–H groups in total. The maximum atomic E-state index is 12.7. The van der Waals surface area contributed by atoms with Crippen LogP contribution in [0.15, 0.2) is 72.8 Å². The summed E-state index contributed by atoms with van der Waals surface area (Å²) in [6.45, 7) is 5.53. The van der Waals surface area contributed by atoms with E-state index in [9.17, 15) is 4.79 Å². The number of rotatable bonds is 5. The molecule has 32 heavy (non-hydrogen) atoms. The first-order chi connectivity index (χ1) is 15.6. The molecular formula is C27H25N3O2. The molecule has 4 aromatic rings. The van der Waals surface area contributed by atoms with Crippen molar-refractivity contribution < 1.29 is 9.53 Å². The van der Waals surface area contributed by atoms with Gasteiger partial charge in [0.2, 0.25) is 0 Å². The summed E-state index contributed by atoms with van der Waals surface area (Å²) >= 11 is 0. The highest BCUT2D eigenvalue weighted by atomic mass is 16.5. The molecule has 0 saturated heterocycles. The lowest BCUT2D eigenvalue weighted by molar-refractivity contribution is 0.102. The van der Waals surface area contributed by atoms with Crippen molar-refractivity contribution in [1.29, 1.82) is 0 Å². The number of pyridine rings is 1. The molecule has 1 amide bonds. The maximum absolute atomic E-state index is 12.7. The number of nitrogens with one attached hydrogen (secondary N) is 1. The molecule has 0 saturated carbocycles. The number of fused-ring (bicyclic) bond motifs is 2. The lowest BCUT2D eigenvalue weighted by atomic mass is 10.1. The predicted octanol–water partition coefficient (Wildman–Crippen LogP) is 5.89. The second-order valence-corrected chi connectivity index (χ2v) is 8.03.